The molecule has 1 heterocycles. The van der Waals surface area contributed by atoms with Crippen LogP contribution in [0.25, 0.3) is 0 Å². The summed E-state index contributed by atoms with van der Waals surface area (Å²) in [4.78, 5) is 15.2. The molecule has 2 bridgehead atoms. The summed E-state index contributed by atoms with van der Waals surface area (Å²) < 4.78 is 5.39. The molecule has 3 aliphatic rings. The lowest BCUT2D eigenvalue weighted by Gasteiger charge is -2.45. The van der Waals surface area contributed by atoms with Crippen LogP contribution in [0.2, 0.25) is 0 Å². The zero-order valence-electron chi connectivity index (χ0n) is 13.6. The van der Waals surface area contributed by atoms with Gasteiger partial charge in [0.2, 0.25) is 0 Å². The molecule has 4 nitrogen and oxygen atoms in total. The predicted octanol–water partition coefficient (Wildman–Crippen LogP) is 2.32. The quantitative estimate of drug-likeness (QED) is 0.790. The van der Waals surface area contributed by atoms with Gasteiger partial charge in [0.1, 0.15) is 5.54 Å². The molecule has 0 amide bonds. The molecular weight excluding hydrogens is 264 g/mol. The number of rotatable bonds is 5. The molecule has 0 aromatic carbocycles. The van der Waals surface area contributed by atoms with Crippen LogP contribution in [0.5, 0.6) is 0 Å². The maximum absolute atomic E-state index is 12.5. The molecule has 3 rings (SSSR count). The fourth-order valence-corrected chi connectivity index (χ4v) is 4.96. The first-order chi connectivity index (χ1) is 10.2. The van der Waals surface area contributed by atoms with Gasteiger partial charge >= 0.3 is 5.97 Å². The largest absolute Gasteiger partial charge is 0.465 e. The number of carbonyl (C=O) groups is 1. The maximum atomic E-state index is 12.5. The maximum Gasteiger partial charge on any atom is 0.326 e. The van der Waals surface area contributed by atoms with Gasteiger partial charge in [0.15, 0.2) is 0 Å². The molecule has 3 fully saturated rings. The van der Waals surface area contributed by atoms with Gasteiger partial charge in [0.25, 0.3) is 0 Å². The molecule has 1 aliphatic heterocycles. The normalized spacial score (nSPS) is 39.6. The molecule has 1 N–H and O–H groups in total. The molecule has 0 aromatic heterocycles. The number of carbonyl (C=O) groups excluding carboxylic acids is 1. The van der Waals surface area contributed by atoms with E-state index in [2.05, 4.69) is 17.1 Å². The Bertz CT molecular complexity index is 383. The second-order valence-corrected chi connectivity index (χ2v) is 7.11. The van der Waals surface area contributed by atoms with Crippen molar-refractivity contribution in [3.8, 4) is 0 Å². The van der Waals surface area contributed by atoms with E-state index >= 15 is 0 Å². The Hall–Kier alpha value is -0.610. The van der Waals surface area contributed by atoms with E-state index in [9.17, 15) is 4.79 Å². The molecule has 120 valence electrons. The number of likely N-dealkylation sites (tertiary alicyclic amines) is 1. The van der Waals surface area contributed by atoms with Crippen LogP contribution in [-0.2, 0) is 9.53 Å². The number of nitrogens with zero attached hydrogens (tertiary/aromatic N) is 1. The molecule has 0 radical (unpaired) electrons. The van der Waals surface area contributed by atoms with Crippen molar-refractivity contribution in [2.45, 2.75) is 76.4 Å². The number of nitrogens with one attached hydrogen (secondary N) is 1. The van der Waals surface area contributed by atoms with Crippen molar-refractivity contribution in [3.63, 3.8) is 0 Å². The second-order valence-electron chi connectivity index (χ2n) is 7.11. The summed E-state index contributed by atoms with van der Waals surface area (Å²) in [7, 11) is 0. The Morgan fingerprint density at radius 3 is 2.76 bits per heavy atom. The van der Waals surface area contributed by atoms with Gasteiger partial charge in [-0.3, -0.25) is 9.69 Å². The van der Waals surface area contributed by atoms with Crippen molar-refractivity contribution in [2.24, 2.45) is 5.92 Å². The average molecular weight is 294 g/mol. The topological polar surface area (TPSA) is 41.6 Å². The zero-order valence-corrected chi connectivity index (χ0v) is 13.6. The molecular formula is C17H30N2O2. The van der Waals surface area contributed by atoms with Crippen LogP contribution in [0.4, 0.5) is 0 Å². The highest BCUT2D eigenvalue weighted by atomic mass is 16.5. The van der Waals surface area contributed by atoms with Gasteiger partial charge in [-0.2, -0.15) is 0 Å². The Morgan fingerprint density at radius 2 is 2.14 bits per heavy atom. The van der Waals surface area contributed by atoms with Crippen LogP contribution in [-0.4, -0.2) is 48.2 Å². The van der Waals surface area contributed by atoms with Crippen molar-refractivity contribution in [1.82, 2.24) is 10.2 Å². The van der Waals surface area contributed by atoms with E-state index in [1.165, 1.54) is 32.2 Å². The number of esters is 1. The van der Waals surface area contributed by atoms with Crippen LogP contribution in [0.1, 0.15) is 58.8 Å². The van der Waals surface area contributed by atoms with Crippen LogP contribution in [0.3, 0.4) is 0 Å². The van der Waals surface area contributed by atoms with Crippen molar-refractivity contribution < 1.29 is 9.53 Å². The number of fused-ring (bicyclic) bond motifs is 2. The summed E-state index contributed by atoms with van der Waals surface area (Å²) in [6.07, 6.45) is 8.42. The Balaban J connectivity index is 1.71. The number of hydrogen-bond donors (Lipinski definition) is 1. The molecule has 4 unspecified atom stereocenters. The van der Waals surface area contributed by atoms with Gasteiger partial charge in [0, 0.05) is 18.6 Å². The summed E-state index contributed by atoms with van der Waals surface area (Å²) >= 11 is 0. The molecule has 2 saturated carbocycles. The van der Waals surface area contributed by atoms with Crippen molar-refractivity contribution >= 4 is 5.97 Å². The first-order valence-electron chi connectivity index (χ1n) is 8.86. The summed E-state index contributed by atoms with van der Waals surface area (Å²) in [5.74, 6) is 0.897. The van der Waals surface area contributed by atoms with E-state index in [1.807, 2.05) is 6.92 Å². The summed E-state index contributed by atoms with van der Waals surface area (Å²) in [6, 6.07) is 1.36. The van der Waals surface area contributed by atoms with Crippen molar-refractivity contribution in [2.75, 3.05) is 19.7 Å². The molecule has 2 aliphatic carbocycles. The summed E-state index contributed by atoms with van der Waals surface area (Å²) in [5, 5.41) is 3.48. The highest BCUT2D eigenvalue weighted by Crippen LogP contribution is 2.42. The SMILES string of the molecule is CCNC1(C(=O)OCC)CCCC(N2CC3CCC2C3)C1. The fraction of sp³-hybridized carbons (Fsp3) is 0.941. The van der Waals surface area contributed by atoms with Gasteiger partial charge in [-0.05, 0) is 64.3 Å². The van der Waals surface area contributed by atoms with Crippen LogP contribution in [0, 0.1) is 5.92 Å². The minimum atomic E-state index is -0.435. The zero-order chi connectivity index (χ0) is 14.9. The number of piperidine rings is 1. The smallest absolute Gasteiger partial charge is 0.326 e. The van der Waals surface area contributed by atoms with Gasteiger partial charge in [-0.25, -0.2) is 0 Å². The van der Waals surface area contributed by atoms with Gasteiger partial charge in [-0.15, -0.1) is 0 Å². The van der Waals surface area contributed by atoms with E-state index in [4.69, 9.17) is 4.74 Å². The number of hydrogen-bond acceptors (Lipinski definition) is 4. The lowest BCUT2D eigenvalue weighted by molar-refractivity contribution is -0.154. The lowest BCUT2D eigenvalue weighted by atomic mass is 9.77. The molecule has 1 saturated heterocycles. The molecule has 4 atom stereocenters. The number of ether oxygens (including phenoxy) is 1. The lowest BCUT2D eigenvalue weighted by Crippen LogP contribution is -2.59. The predicted molar refractivity (Wildman–Crippen MR) is 83.1 cm³/mol. The van der Waals surface area contributed by atoms with Gasteiger partial charge in [-0.1, -0.05) is 6.92 Å². The van der Waals surface area contributed by atoms with Crippen molar-refractivity contribution in [1.29, 1.82) is 0 Å². The van der Waals surface area contributed by atoms with Gasteiger partial charge in [0.05, 0.1) is 6.61 Å². The minimum absolute atomic E-state index is 0.0269. The van der Waals surface area contributed by atoms with E-state index in [0.29, 0.717) is 12.6 Å². The Morgan fingerprint density at radius 1 is 1.29 bits per heavy atom. The standard InChI is InChI=1S/C17H30N2O2/c1-3-18-17(16(20)21-4-2)9-5-6-15(11-17)19-12-13-7-8-14(19)10-13/h13-15,18H,3-12H2,1-2H3. The van der Waals surface area contributed by atoms with Crippen molar-refractivity contribution in [3.05, 3.63) is 0 Å². The van der Waals surface area contributed by atoms with E-state index in [-0.39, 0.29) is 5.97 Å². The first-order valence-corrected chi connectivity index (χ1v) is 8.86. The van der Waals surface area contributed by atoms with E-state index < -0.39 is 5.54 Å². The third-order valence-electron chi connectivity index (χ3n) is 5.83. The van der Waals surface area contributed by atoms with Gasteiger partial charge < -0.3 is 10.1 Å². The van der Waals surface area contributed by atoms with E-state index in [0.717, 1.165) is 37.8 Å². The monoisotopic (exact) mass is 294 g/mol. The molecule has 0 aromatic rings. The third-order valence-corrected chi connectivity index (χ3v) is 5.83. The number of likely N-dealkylation sites (N-methyl/N-ethyl adjacent to an activating group) is 1. The average Bonchev–Trinajstić information content (AvgIpc) is 3.11. The third kappa shape index (κ3) is 2.85. The molecule has 4 heteroatoms. The highest BCUT2D eigenvalue weighted by molar-refractivity contribution is 5.81. The highest BCUT2D eigenvalue weighted by Gasteiger charge is 2.48. The van der Waals surface area contributed by atoms with E-state index in [1.54, 1.807) is 0 Å². The first kappa shape index (κ1) is 15.3. The molecule has 0 spiro atoms. The second kappa shape index (κ2) is 6.25. The fourth-order valence-electron chi connectivity index (χ4n) is 4.96. The summed E-state index contributed by atoms with van der Waals surface area (Å²) in [5.41, 5.74) is -0.435. The Kier molecular flexibility index (Phi) is 4.55. The van der Waals surface area contributed by atoms with Crippen LogP contribution in [0.15, 0.2) is 0 Å². The van der Waals surface area contributed by atoms with Crippen LogP contribution >= 0.6 is 0 Å². The summed E-state index contributed by atoms with van der Waals surface area (Å²) in [6.45, 7) is 6.56. The molecule has 21 heavy (non-hydrogen) atoms. The minimum Gasteiger partial charge on any atom is -0.465 e. The van der Waals surface area contributed by atoms with Crippen LogP contribution < -0.4 is 5.32 Å². The Labute approximate surface area is 128 Å².